The van der Waals surface area contributed by atoms with Gasteiger partial charge in [0.15, 0.2) is 0 Å². The molecule has 1 aliphatic carbocycles. The Balaban J connectivity index is 2.53. The Morgan fingerprint density at radius 2 is 2.29 bits per heavy atom. The summed E-state index contributed by atoms with van der Waals surface area (Å²) in [6, 6.07) is 2.05. The highest BCUT2D eigenvalue weighted by atomic mass is 32.2. The molecule has 0 aromatic heterocycles. The number of unbranched alkanes of at least 4 members (excludes halogenated alkanes) is 1. The van der Waals surface area contributed by atoms with Gasteiger partial charge in [-0.3, -0.25) is 4.28 Å². The van der Waals surface area contributed by atoms with Gasteiger partial charge in [0, 0.05) is 0 Å². The van der Waals surface area contributed by atoms with Gasteiger partial charge in [-0.15, -0.1) is 0 Å². The summed E-state index contributed by atoms with van der Waals surface area (Å²) in [4.78, 5) is 0. The summed E-state index contributed by atoms with van der Waals surface area (Å²) in [6.45, 7) is 1.91. The molecule has 0 fully saturated rings. The van der Waals surface area contributed by atoms with Gasteiger partial charge < -0.3 is 0 Å². The molecule has 0 aromatic rings. The summed E-state index contributed by atoms with van der Waals surface area (Å²) < 4.78 is 27.3. The number of nitriles is 1. The monoisotopic (exact) mass is 256 g/mol. The number of hydrogen-bond acceptors (Lipinski definition) is 5. The molecule has 1 aliphatic rings. The standard InChI is InChI=1S/C11H16N2O3S/c1-2-3-8-17(14,15)16-13-11-5-4-10(9-11)6-7-12/h9H,2-6,8H2,1H3/b13-11+. The van der Waals surface area contributed by atoms with Crippen molar-refractivity contribution in [2.75, 3.05) is 5.75 Å². The highest BCUT2D eigenvalue weighted by Crippen LogP contribution is 2.19. The van der Waals surface area contributed by atoms with Gasteiger partial charge >= 0.3 is 10.1 Å². The lowest BCUT2D eigenvalue weighted by atomic mass is 10.2. The minimum atomic E-state index is -3.54. The van der Waals surface area contributed by atoms with Crippen LogP contribution in [0.25, 0.3) is 0 Å². The molecule has 17 heavy (non-hydrogen) atoms. The van der Waals surface area contributed by atoms with E-state index in [0.717, 1.165) is 18.4 Å². The fourth-order valence-electron chi connectivity index (χ4n) is 1.44. The van der Waals surface area contributed by atoms with Crippen molar-refractivity contribution in [3.63, 3.8) is 0 Å². The number of nitrogens with zero attached hydrogens (tertiary/aromatic N) is 2. The van der Waals surface area contributed by atoms with Gasteiger partial charge in [0.05, 0.1) is 24.0 Å². The van der Waals surface area contributed by atoms with Crippen LogP contribution in [0.1, 0.15) is 39.0 Å². The van der Waals surface area contributed by atoms with Gasteiger partial charge in [-0.1, -0.05) is 24.1 Å². The number of oxime groups is 1. The van der Waals surface area contributed by atoms with Gasteiger partial charge in [-0.25, -0.2) is 0 Å². The molecule has 0 atom stereocenters. The molecule has 0 heterocycles. The van der Waals surface area contributed by atoms with Crippen LogP contribution in [0, 0.1) is 11.3 Å². The smallest absolute Gasteiger partial charge is 0.268 e. The predicted octanol–water partition coefficient (Wildman–Crippen LogP) is 2.12. The Kier molecular flexibility index (Phi) is 5.16. The molecule has 5 nitrogen and oxygen atoms in total. The van der Waals surface area contributed by atoms with Gasteiger partial charge in [-0.2, -0.15) is 13.7 Å². The maximum absolute atomic E-state index is 11.4. The van der Waals surface area contributed by atoms with Crippen molar-refractivity contribution in [1.29, 1.82) is 5.26 Å². The maximum Gasteiger partial charge on any atom is 0.328 e. The molecule has 0 saturated carbocycles. The number of rotatable bonds is 6. The van der Waals surface area contributed by atoms with Crippen molar-refractivity contribution in [3.8, 4) is 6.07 Å². The van der Waals surface area contributed by atoms with E-state index in [9.17, 15) is 8.42 Å². The lowest BCUT2D eigenvalue weighted by molar-refractivity contribution is 0.337. The van der Waals surface area contributed by atoms with Crippen molar-refractivity contribution in [2.45, 2.75) is 39.0 Å². The van der Waals surface area contributed by atoms with Crippen molar-refractivity contribution in [1.82, 2.24) is 0 Å². The van der Waals surface area contributed by atoms with Crippen LogP contribution in [-0.2, 0) is 14.4 Å². The molecule has 0 spiro atoms. The first-order valence-corrected chi connectivity index (χ1v) is 7.19. The average molecular weight is 256 g/mol. The lowest BCUT2D eigenvalue weighted by Crippen LogP contribution is -2.08. The number of hydrogen-bond donors (Lipinski definition) is 0. The molecule has 0 saturated heterocycles. The van der Waals surface area contributed by atoms with E-state index in [1.807, 2.05) is 13.0 Å². The Labute approximate surface area is 102 Å². The minimum Gasteiger partial charge on any atom is -0.268 e. The van der Waals surface area contributed by atoms with Crippen LogP contribution >= 0.6 is 0 Å². The molecule has 0 radical (unpaired) electrons. The summed E-state index contributed by atoms with van der Waals surface area (Å²) in [5.41, 5.74) is 1.57. The Morgan fingerprint density at radius 3 is 2.94 bits per heavy atom. The largest absolute Gasteiger partial charge is 0.328 e. The van der Waals surface area contributed by atoms with Crippen LogP contribution in [0.3, 0.4) is 0 Å². The zero-order chi connectivity index (χ0) is 12.7. The van der Waals surface area contributed by atoms with Gasteiger partial charge in [0.2, 0.25) is 0 Å². The summed E-state index contributed by atoms with van der Waals surface area (Å²) in [5, 5.41) is 12.1. The molecule has 0 aromatic carbocycles. The van der Waals surface area contributed by atoms with Crippen LogP contribution in [-0.4, -0.2) is 19.9 Å². The first-order chi connectivity index (χ1) is 8.07. The van der Waals surface area contributed by atoms with Crippen molar-refractivity contribution in [2.24, 2.45) is 5.16 Å². The highest BCUT2D eigenvalue weighted by Gasteiger charge is 2.14. The van der Waals surface area contributed by atoms with E-state index in [4.69, 9.17) is 5.26 Å². The first kappa shape index (κ1) is 13.7. The molecule has 0 unspecified atom stereocenters. The van der Waals surface area contributed by atoms with E-state index >= 15 is 0 Å². The SMILES string of the molecule is CCCCS(=O)(=O)O/N=C1/C=C(CC#N)CC1. The third-order valence-corrected chi connectivity index (χ3v) is 3.49. The maximum atomic E-state index is 11.4. The first-order valence-electron chi connectivity index (χ1n) is 5.62. The van der Waals surface area contributed by atoms with E-state index in [1.54, 1.807) is 6.08 Å². The molecule has 1 rings (SSSR count). The fourth-order valence-corrected chi connectivity index (χ4v) is 2.37. The van der Waals surface area contributed by atoms with Crippen LogP contribution < -0.4 is 0 Å². The zero-order valence-corrected chi connectivity index (χ0v) is 10.7. The van der Waals surface area contributed by atoms with Crippen molar-refractivity contribution < 1.29 is 12.7 Å². The molecule has 94 valence electrons. The lowest BCUT2D eigenvalue weighted by Gasteiger charge is -2.00. The van der Waals surface area contributed by atoms with Gasteiger partial charge in [0.1, 0.15) is 0 Å². The summed E-state index contributed by atoms with van der Waals surface area (Å²) in [6.07, 6.45) is 4.86. The van der Waals surface area contributed by atoms with E-state index in [2.05, 4.69) is 9.44 Å². The summed E-state index contributed by atoms with van der Waals surface area (Å²) in [5.74, 6) is -0.00491. The fraction of sp³-hybridized carbons (Fsp3) is 0.636. The van der Waals surface area contributed by atoms with E-state index in [1.165, 1.54) is 0 Å². The highest BCUT2D eigenvalue weighted by molar-refractivity contribution is 7.86. The third kappa shape index (κ3) is 5.00. The van der Waals surface area contributed by atoms with Gasteiger partial charge in [0.25, 0.3) is 0 Å². The van der Waals surface area contributed by atoms with Crippen LogP contribution in [0.4, 0.5) is 0 Å². The number of allylic oxidation sites excluding steroid dienone is 2. The Morgan fingerprint density at radius 1 is 1.53 bits per heavy atom. The van der Waals surface area contributed by atoms with Crippen LogP contribution in [0.5, 0.6) is 0 Å². The van der Waals surface area contributed by atoms with Crippen LogP contribution in [0.15, 0.2) is 16.8 Å². The summed E-state index contributed by atoms with van der Waals surface area (Å²) in [7, 11) is -3.54. The predicted molar refractivity (Wildman–Crippen MR) is 64.8 cm³/mol. The van der Waals surface area contributed by atoms with Gasteiger partial charge in [-0.05, 0) is 25.3 Å². The third-order valence-electron chi connectivity index (χ3n) is 2.40. The normalized spacial score (nSPS) is 17.9. The van der Waals surface area contributed by atoms with E-state index in [0.29, 0.717) is 25.0 Å². The van der Waals surface area contributed by atoms with Crippen LogP contribution in [0.2, 0.25) is 0 Å². The van der Waals surface area contributed by atoms with E-state index in [-0.39, 0.29) is 5.75 Å². The molecule has 0 amide bonds. The molecule has 0 aliphatic heterocycles. The molecular formula is C11H16N2O3S. The zero-order valence-electron chi connectivity index (χ0n) is 9.85. The second-order valence-electron chi connectivity index (χ2n) is 3.91. The second kappa shape index (κ2) is 6.40. The molecule has 6 heteroatoms. The summed E-state index contributed by atoms with van der Waals surface area (Å²) >= 11 is 0. The minimum absolute atomic E-state index is 0.00491. The molecular weight excluding hydrogens is 240 g/mol. The van der Waals surface area contributed by atoms with Crippen molar-refractivity contribution in [3.05, 3.63) is 11.6 Å². The van der Waals surface area contributed by atoms with E-state index < -0.39 is 10.1 Å². The van der Waals surface area contributed by atoms with Crippen molar-refractivity contribution >= 4 is 15.8 Å². The second-order valence-corrected chi connectivity index (χ2v) is 5.58. The molecule has 0 N–H and O–H groups in total. The topological polar surface area (TPSA) is 79.5 Å². The quantitative estimate of drug-likeness (QED) is 0.682. The Bertz CT molecular complexity index is 458. The average Bonchev–Trinajstić information content (AvgIpc) is 2.73. The Hall–Kier alpha value is -1.35. The molecule has 0 bridgehead atoms.